The fourth-order valence-corrected chi connectivity index (χ4v) is 3.27. The van der Waals surface area contributed by atoms with Gasteiger partial charge in [-0.3, -0.25) is 9.59 Å². The van der Waals surface area contributed by atoms with Crippen molar-refractivity contribution in [1.82, 2.24) is 15.5 Å². The highest BCUT2D eigenvalue weighted by molar-refractivity contribution is 5.98. The van der Waals surface area contributed by atoms with Crippen molar-refractivity contribution in [2.75, 3.05) is 18.1 Å². The van der Waals surface area contributed by atoms with Crippen LogP contribution in [0.1, 0.15) is 42.6 Å². The number of nitrogens with zero attached hydrogens (tertiary/aromatic N) is 3. The molecule has 1 aromatic heterocycles. The molecule has 8 nitrogen and oxygen atoms in total. The van der Waals surface area contributed by atoms with Gasteiger partial charge in [0.15, 0.2) is 6.61 Å². The molecular weight excluding hydrogens is 384 g/mol. The predicted octanol–water partition coefficient (Wildman–Crippen LogP) is 3.36. The molecular formula is C22H22N4O4. The monoisotopic (exact) mass is 406 g/mol. The SMILES string of the molecule is CCCN1C(=O)COc2ccc(-c3noc([C@@H](C)NC(=O)c4ccccc4)n3)cc21. The molecule has 1 atom stereocenters. The van der Waals surface area contributed by atoms with Gasteiger partial charge in [0.1, 0.15) is 11.8 Å². The Morgan fingerprint density at radius 3 is 2.80 bits per heavy atom. The number of ether oxygens (including phenoxy) is 1. The molecule has 1 aliphatic rings. The van der Waals surface area contributed by atoms with Crippen LogP contribution in [0.3, 0.4) is 0 Å². The van der Waals surface area contributed by atoms with Crippen LogP contribution >= 0.6 is 0 Å². The van der Waals surface area contributed by atoms with Gasteiger partial charge in [0, 0.05) is 17.7 Å². The topological polar surface area (TPSA) is 97.6 Å². The molecule has 2 heterocycles. The summed E-state index contributed by atoms with van der Waals surface area (Å²) in [6.45, 7) is 4.44. The van der Waals surface area contributed by atoms with Crippen molar-refractivity contribution in [3.8, 4) is 17.1 Å². The maximum absolute atomic E-state index is 12.3. The van der Waals surface area contributed by atoms with Crippen LogP contribution in [0, 0.1) is 0 Å². The second-order valence-corrected chi connectivity index (χ2v) is 7.03. The summed E-state index contributed by atoms with van der Waals surface area (Å²) < 4.78 is 10.9. The van der Waals surface area contributed by atoms with E-state index in [2.05, 4.69) is 15.5 Å². The number of amides is 2. The molecule has 0 fully saturated rings. The fourth-order valence-electron chi connectivity index (χ4n) is 3.27. The Bertz CT molecular complexity index is 1060. The lowest BCUT2D eigenvalue weighted by Gasteiger charge is -2.29. The minimum Gasteiger partial charge on any atom is -0.482 e. The molecule has 0 unspecified atom stereocenters. The number of anilines is 1. The van der Waals surface area contributed by atoms with Crippen molar-refractivity contribution in [2.45, 2.75) is 26.3 Å². The maximum Gasteiger partial charge on any atom is 0.265 e. The maximum atomic E-state index is 12.3. The molecule has 1 N–H and O–H groups in total. The van der Waals surface area contributed by atoms with Crippen LogP contribution in [0.2, 0.25) is 0 Å². The lowest BCUT2D eigenvalue weighted by Crippen LogP contribution is -2.39. The molecule has 0 saturated carbocycles. The number of nitrogens with one attached hydrogen (secondary N) is 1. The standard InChI is InChI=1S/C22H22N4O4/c1-3-11-26-17-12-16(9-10-18(17)29-13-19(26)27)20-24-22(30-25-20)14(2)23-21(28)15-7-5-4-6-8-15/h4-10,12,14H,3,11,13H2,1-2H3,(H,23,28)/t14-/m1/s1. The van der Waals surface area contributed by atoms with Gasteiger partial charge < -0.3 is 19.5 Å². The molecule has 3 aromatic rings. The van der Waals surface area contributed by atoms with Crippen LogP contribution in [0.4, 0.5) is 5.69 Å². The number of fused-ring (bicyclic) bond motifs is 1. The molecule has 1 aliphatic heterocycles. The summed E-state index contributed by atoms with van der Waals surface area (Å²) in [6, 6.07) is 13.9. The number of aromatic nitrogens is 2. The first-order chi connectivity index (χ1) is 14.6. The van der Waals surface area contributed by atoms with Crippen molar-refractivity contribution in [3.05, 3.63) is 60.0 Å². The summed E-state index contributed by atoms with van der Waals surface area (Å²) in [5.74, 6) is 1.03. The molecule has 4 rings (SSSR count). The van der Waals surface area contributed by atoms with E-state index in [1.807, 2.05) is 25.1 Å². The number of carbonyl (C=O) groups excluding carboxylic acids is 2. The Morgan fingerprint density at radius 1 is 1.23 bits per heavy atom. The third kappa shape index (κ3) is 3.89. The summed E-state index contributed by atoms with van der Waals surface area (Å²) >= 11 is 0. The van der Waals surface area contributed by atoms with E-state index < -0.39 is 6.04 Å². The van der Waals surface area contributed by atoms with Gasteiger partial charge >= 0.3 is 0 Å². The van der Waals surface area contributed by atoms with Crippen molar-refractivity contribution in [2.24, 2.45) is 0 Å². The highest BCUT2D eigenvalue weighted by atomic mass is 16.5. The van der Waals surface area contributed by atoms with E-state index in [0.717, 1.165) is 6.42 Å². The first-order valence-electron chi connectivity index (χ1n) is 9.84. The summed E-state index contributed by atoms with van der Waals surface area (Å²) in [6.07, 6.45) is 0.834. The average molecular weight is 406 g/mol. The van der Waals surface area contributed by atoms with E-state index in [9.17, 15) is 9.59 Å². The van der Waals surface area contributed by atoms with Crippen LogP contribution in [-0.2, 0) is 4.79 Å². The van der Waals surface area contributed by atoms with E-state index >= 15 is 0 Å². The smallest absolute Gasteiger partial charge is 0.265 e. The number of hydrogen-bond acceptors (Lipinski definition) is 6. The zero-order valence-electron chi connectivity index (χ0n) is 16.8. The van der Waals surface area contributed by atoms with Crippen LogP contribution in [-0.4, -0.2) is 35.1 Å². The highest BCUT2D eigenvalue weighted by Gasteiger charge is 2.26. The van der Waals surface area contributed by atoms with Gasteiger partial charge in [0.2, 0.25) is 11.7 Å². The van der Waals surface area contributed by atoms with Crippen molar-refractivity contribution in [3.63, 3.8) is 0 Å². The van der Waals surface area contributed by atoms with Gasteiger partial charge in [-0.05, 0) is 43.7 Å². The third-order valence-corrected chi connectivity index (χ3v) is 4.80. The van der Waals surface area contributed by atoms with Crippen molar-refractivity contribution >= 4 is 17.5 Å². The fraction of sp³-hybridized carbons (Fsp3) is 0.273. The zero-order valence-corrected chi connectivity index (χ0v) is 16.8. The summed E-state index contributed by atoms with van der Waals surface area (Å²) in [7, 11) is 0. The number of benzene rings is 2. The second kappa shape index (κ2) is 8.36. The minimum atomic E-state index is -0.460. The quantitative estimate of drug-likeness (QED) is 0.674. The van der Waals surface area contributed by atoms with Crippen LogP contribution in [0.15, 0.2) is 53.1 Å². The van der Waals surface area contributed by atoms with Crippen molar-refractivity contribution in [1.29, 1.82) is 0 Å². The first-order valence-corrected chi connectivity index (χ1v) is 9.84. The van der Waals surface area contributed by atoms with Gasteiger partial charge in [0.05, 0.1) is 5.69 Å². The Hall–Kier alpha value is -3.68. The first kappa shape index (κ1) is 19.6. The van der Waals surface area contributed by atoms with E-state index in [-0.39, 0.29) is 18.4 Å². The summed E-state index contributed by atoms with van der Waals surface area (Å²) in [5.41, 5.74) is 1.95. The van der Waals surface area contributed by atoms with Gasteiger partial charge in [-0.25, -0.2) is 0 Å². The lowest BCUT2D eigenvalue weighted by molar-refractivity contribution is -0.121. The Labute approximate surface area is 173 Å². The summed E-state index contributed by atoms with van der Waals surface area (Å²) in [5, 5.41) is 6.89. The molecule has 0 spiro atoms. The van der Waals surface area contributed by atoms with Crippen LogP contribution < -0.4 is 15.0 Å². The number of carbonyl (C=O) groups is 2. The molecule has 0 bridgehead atoms. The number of hydrogen-bond donors (Lipinski definition) is 1. The molecule has 0 aliphatic carbocycles. The largest absolute Gasteiger partial charge is 0.482 e. The van der Waals surface area contributed by atoms with Crippen LogP contribution in [0.5, 0.6) is 5.75 Å². The summed E-state index contributed by atoms with van der Waals surface area (Å²) in [4.78, 5) is 30.7. The van der Waals surface area contributed by atoms with Gasteiger partial charge in [-0.15, -0.1) is 0 Å². The molecule has 0 saturated heterocycles. The Balaban J connectivity index is 1.54. The van der Waals surface area contributed by atoms with Crippen LogP contribution in [0.25, 0.3) is 11.4 Å². The number of rotatable bonds is 6. The molecule has 0 radical (unpaired) electrons. The molecule has 2 amide bonds. The second-order valence-electron chi connectivity index (χ2n) is 7.03. The average Bonchev–Trinajstić information content (AvgIpc) is 3.26. The van der Waals surface area contributed by atoms with E-state index in [1.165, 1.54) is 0 Å². The van der Waals surface area contributed by atoms with E-state index in [0.29, 0.717) is 40.8 Å². The Kier molecular flexibility index (Phi) is 5.47. The van der Waals surface area contributed by atoms with E-state index in [1.54, 1.807) is 42.2 Å². The van der Waals surface area contributed by atoms with E-state index in [4.69, 9.17) is 9.26 Å². The minimum absolute atomic E-state index is 0.0390. The highest BCUT2D eigenvalue weighted by Crippen LogP contribution is 2.35. The van der Waals surface area contributed by atoms with Gasteiger partial charge in [-0.2, -0.15) is 4.98 Å². The predicted molar refractivity (Wildman–Crippen MR) is 110 cm³/mol. The van der Waals surface area contributed by atoms with Gasteiger partial charge in [-0.1, -0.05) is 30.3 Å². The molecule has 30 heavy (non-hydrogen) atoms. The lowest BCUT2D eigenvalue weighted by atomic mass is 10.1. The Morgan fingerprint density at radius 2 is 2.03 bits per heavy atom. The molecule has 8 heteroatoms. The zero-order chi connectivity index (χ0) is 21.1. The molecule has 2 aromatic carbocycles. The third-order valence-electron chi connectivity index (χ3n) is 4.80. The van der Waals surface area contributed by atoms with Gasteiger partial charge in [0.25, 0.3) is 11.8 Å². The normalized spacial score (nSPS) is 14.1. The van der Waals surface area contributed by atoms with Crippen molar-refractivity contribution < 1.29 is 18.8 Å². The molecule has 154 valence electrons.